The summed E-state index contributed by atoms with van der Waals surface area (Å²) in [4.78, 5) is 39.4. The number of phenols is 2. The normalized spacial score (nSPS) is 35.4. The average molecular weight is 691 g/mol. The molecule has 2 aromatic carbocycles. The number of aliphatic hydroxyl groups excluding tert-OH is 5. The highest BCUT2D eigenvalue weighted by Crippen LogP contribution is 2.49. The van der Waals surface area contributed by atoms with Gasteiger partial charge in [-0.15, -0.1) is 0 Å². The lowest BCUT2D eigenvalue weighted by atomic mass is 9.71. The first-order chi connectivity index (χ1) is 23.3. The summed E-state index contributed by atoms with van der Waals surface area (Å²) in [5, 5.41) is 74.0. The summed E-state index contributed by atoms with van der Waals surface area (Å²) in [7, 11) is 1.33. The Morgan fingerprint density at radius 2 is 1.65 bits per heavy atom. The molecule has 49 heavy (non-hydrogen) atoms. The van der Waals surface area contributed by atoms with E-state index in [9.17, 15) is 50.1 Å². The molecule has 1 aliphatic carbocycles. The molecular weight excluding hydrogens is 656 g/mol. The molecule has 0 amide bonds. The minimum Gasteiger partial charge on any atom is -0.508 e. The van der Waals surface area contributed by atoms with Crippen LogP contribution in [0.1, 0.15) is 29.5 Å². The summed E-state index contributed by atoms with van der Waals surface area (Å²) in [6.45, 7) is -0.682. The van der Waals surface area contributed by atoms with Crippen molar-refractivity contribution in [1.29, 1.82) is 0 Å². The lowest BCUT2D eigenvalue weighted by Crippen LogP contribution is -2.63. The highest BCUT2D eigenvalue weighted by Gasteiger charge is 2.64. The molecule has 4 aliphatic rings. The molecule has 2 bridgehead atoms. The number of carbonyl (C=O) groups is 3. The fraction of sp³-hybridized carbons (Fsp3) is 0.469. The first-order valence-corrected chi connectivity index (χ1v) is 15.1. The Morgan fingerprint density at radius 1 is 0.939 bits per heavy atom. The van der Waals surface area contributed by atoms with Gasteiger partial charge in [0.05, 0.1) is 18.6 Å². The Bertz CT molecular complexity index is 1640. The van der Waals surface area contributed by atoms with Crippen molar-refractivity contribution in [3.05, 3.63) is 58.7 Å². The van der Waals surface area contributed by atoms with Gasteiger partial charge in [0.2, 0.25) is 12.1 Å². The van der Waals surface area contributed by atoms with Crippen LogP contribution < -0.4 is 4.74 Å². The van der Waals surface area contributed by atoms with Crippen molar-refractivity contribution in [2.45, 2.75) is 67.8 Å². The minimum absolute atomic E-state index is 0.0695. The Kier molecular flexibility index (Phi) is 9.29. The monoisotopic (exact) mass is 690 g/mol. The summed E-state index contributed by atoms with van der Waals surface area (Å²) in [6.07, 6.45) is -13.6. The van der Waals surface area contributed by atoms with Gasteiger partial charge in [-0.3, -0.25) is 9.59 Å². The molecule has 3 fully saturated rings. The van der Waals surface area contributed by atoms with Crippen molar-refractivity contribution < 1.29 is 83.3 Å². The largest absolute Gasteiger partial charge is 0.508 e. The van der Waals surface area contributed by atoms with E-state index in [-0.39, 0.29) is 22.8 Å². The van der Waals surface area contributed by atoms with Crippen LogP contribution in [0.4, 0.5) is 0 Å². The molecule has 0 radical (unpaired) electrons. The van der Waals surface area contributed by atoms with E-state index in [2.05, 4.69) is 0 Å². The molecule has 11 atom stereocenters. The van der Waals surface area contributed by atoms with Crippen molar-refractivity contribution in [2.75, 3.05) is 20.3 Å². The van der Waals surface area contributed by atoms with E-state index in [0.29, 0.717) is 16.7 Å². The van der Waals surface area contributed by atoms with Crippen LogP contribution in [0, 0.1) is 5.92 Å². The van der Waals surface area contributed by atoms with E-state index in [4.69, 9.17) is 33.2 Å². The lowest BCUT2D eigenvalue weighted by molar-refractivity contribution is -0.390. The van der Waals surface area contributed by atoms with Gasteiger partial charge >= 0.3 is 17.9 Å². The van der Waals surface area contributed by atoms with Gasteiger partial charge < -0.3 is 68.9 Å². The van der Waals surface area contributed by atoms with Gasteiger partial charge in [-0.1, -0.05) is 12.1 Å². The zero-order valence-corrected chi connectivity index (χ0v) is 25.9. The number of hydrogen-bond donors (Lipinski definition) is 7. The third kappa shape index (κ3) is 6.08. The standard InChI is InChI=1S/C32H34O17/c1-12(34)44-10-20-23(37)24(38)25(39)30(45-20)48-32(11-33)27-26(40)31(49-32)47-28(41)17-7-14-8-19(43-2)18(36)9-16(14)21(22(17)29(42)46-27)13-3-5-15(35)6-4-13/h3-9,20-27,30-31,33,35-40H,10-11H2,1-2H3/t20-,21+,22+,23-,24+,25-,26-,27-,30-,31-,32-/m1/s1. The van der Waals surface area contributed by atoms with Crippen molar-refractivity contribution >= 4 is 24.0 Å². The molecular formula is C32H34O17. The van der Waals surface area contributed by atoms with Crippen LogP contribution in [0.25, 0.3) is 6.08 Å². The second-order valence-electron chi connectivity index (χ2n) is 11.9. The third-order valence-corrected chi connectivity index (χ3v) is 8.90. The van der Waals surface area contributed by atoms with E-state index in [0.717, 1.165) is 6.92 Å². The number of rotatable bonds is 7. The third-order valence-electron chi connectivity index (χ3n) is 8.90. The number of fused-ring (bicyclic) bond motifs is 4. The fourth-order valence-electron chi connectivity index (χ4n) is 6.45. The van der Waals surface area contributed by atoms with E-state index in [1.807, 2.05) is 0 Å². The summed E-state index contributed by atoms with van der Waals surface area (Å²) in [5.74, 6) is -8.44. The molecule has 264 valence electrons. The van der Waals surface area contributed by atoms with Gasteiger partial charge in [-0.05, 0) is 47.0 Å². The molecule has 0 unspecified atom stereocenters. The van der Waals surface area contributed by atoms with E-state index in [1.54, 1.807) is 0 Å². The molecule has 17 heteroatoms. The summed E-state index contributed by atoms with van der Waals surface area (Å²) < 4.78 is 38.3. The zero-order valence-electron chi connectivity index (χ0n) is 25.9. The SMILES string of the molecule is COc1cc2c(cc1O)[C@H](c1ccc(O)cc1)[C@H]1C(=O)O[C@@H]3[C@@H](O)[C@H](OC(=O)C1=C2)O[C@@]3(CO)O[C@H]1O[C@H](COC(C)=O)[C@@H](O)[C@H](O)[C@H]1O. The predicted octanol–water partition coefficient (Wildman–Crippen LogP) is -1.49. The van der Waals surface area contributed by atoms with Crippen LogP contribution in [0.15, 0.2) is 42.0 Å². The number of aliphatic hydroxyl groups is 5. The number of ether oxygens (including phenoxy) is 7. The van der Waals surface area contributed by atoms with E-state index in [1.165, 1.54) is 49.6 Å². The van der Waals surface area contributed by atoms with E-state index >= 15 is 0 Å². The smallest absolute Gasteiger partial charge is 0.337 e. The van der Waals surface area contributed by atoms with Crippen LogP contribution >= 0.6 is 0 Å². The highest BCUT2D eigenvalue weighted by molar-refractivity contribution is 6.02. The second-order valence-corrected chi connectivity index (χ2v) is 11.9. The molecule has 0 spiro atoms. The maximum Gasteiger partial charge on any atom is 0.337 e. The first-order valence-electron chi connectivity index (χ1n) is 15.1. The molecule has 2 aromatic rings. The second kappa shape index (κ2) is 13.2. The molecule has 3 aliphatic heterocycles. The Balaban J connectivity index is 1.39. The average Bonchev–Trinajstić information content (AvgIpc) is 3.33. The number of carbonyl (C=O) groups excluding carboxylic acids is 3. The molecule has 7 N–H and O–H groups in total. The lowest BCUT2D eigenvalue weighted by Gasteiger charge is -2.44. The molecule has 17 nitrogen and oxygen atoms in total. The topological polar surface area (TPSA) is 257 Å². The van der Waals surface area contributed by atoms with Gasteiger partial charge in [-0.25, -0.2) is 4.79 Å². The van der Waals surface area contributed by atoms with E-state index < -0.39 is 97.9 Å². The first kappa shape index (κ1) is 34.5. The van der Waals surface area contributed by atoms with Crippen LogP contribution in [-0.4, -0.2) is 129 Å². The van der Waals surface area contributed by atoms with Gasteiger partial charge in [0.25, 0.3) is 0 Å². The maximum atomic E-state index is 14.2. The van der Waals surface area contributed by atoms with Crippen LogP contribution in [-0.2, 0) is 42.8 Å². The quantitative estimate of drug-likeness (QED) is 0.129. The van der Waals surface area contributed by atoms with Crippen LogP contribution in [0.5, 0.6) is 17.2 Å². The Labute approximate surface area is 277 Å². The molecule has 3 heterocycles. The zero-order chi connectivity index (χ0) is 35.4. The number of methoxy groups -OCH3 is 1. The van der Waals surface area contributed by atoms with Crippen molar-refractivity contribution in [3.8, 4) is 17.2 Å². The van der Waals surface area contributed by atoms with Crippen LogP contribution in [0.2, 0.25) is 0 Å². The number of phenolic OH excluding ortho intramolecular Hbond substituents is 2. The fourth-order valence-corrected chi connectivity index (χ4v) is 6.45. The summed E-state index contributed by atoms with van der Waals surface area (Å²) in [5.41, 5.74) is 0.909. The number of benzene rings is 2. The van der Waals surface area contributed by atoms with Crippen LogP contribution in [0.3, 0.4) is 0 Å². The Morgan fingerprint density at radius 3 is 2.31 bits per heavy atom. The van der Waals surface area contributed by atoms with Gasteiger partial charge in [0.1, 0.15) is 43.4 Å². The highest BCUT2D eigenvalue weighted by atomic mass is 16.9. The number of hydrogen-bond acceptors (Lipinski definition) is 17. The predicted molar refractivity (Wildman–Crippen MR) is 157 cm³/mol. The molecule has 0 saturated carbocycles. The molecule has 0 aromatic heterocycles. The maximum absolute atomic E-state index is 14.2. The summed E-state index contributed by atoms with van der Waals surface area (Å²) in [6, 6.07) is 8.51. The molecule has 6 rings (SSSR count). The van der Waals surface area contributed by atoms with Crippen molar-refractivity contribution in [1.82, 2.24) is 0 Å². The van der Waals surface area contributed by atoms with Gasteiger partial charge in [0.15, 0.2) is 30.0 Å². The van der Waals surface area contributed by atoms with Crippen molar-refractivity contribution in [3.63, 3.8) is 0 Å². The number of esters is 3. The molecule has 3 saturated heterocycles. The van der Waals surface area contributed by atoms with Gasteiger partial charge in [-0.2, -0.15) is 0 Å². The number of aromatic hydroxyl groups is 2. The summed E-state index contributed by atoms with van der Waals surface area (Å²) >= 11 is 0. The van der Waals surface area contributed by atoms with Gasteiger partial charge in [0, 0.05) is 12.8 Å². The van der Waals surface area contributed by atoms with Crippen molar-refractivity contribution in [2.24, 2.45) is 5.92 Å². The minimum atomic E-state index is -2.59. The Hall–Kier alpha value is -4.33.